The molecule has 0 aliphatic carbocycles. The number of hydrogen-bond donors (Lipinski definition) is 0. The highest BCUT2D eigenvalue weighted by Gasteiger charge is 2.18. The molecule has 6 nitrogen and oxygen atoms in total. The van der Waals surface area contributed by atoms with Gasteiger partial charge in [0.1, 0.15) is 0 Å². The third kappa shape index (κ3) is 6.11. The van der Waals surface area contributed by atoms with Gasteiger partial charge in [0.25, 0.3) is 5.91 Å². The van der Waals surface area contributed by atoms with Crippen LogP contribution in [0.2, 0.25) is 0 Å². The summed E-state index contributed by atoms with van der Waals surface area (Å²) in [6.45, 7) is 4.03. The molecule has 2 aromatic rings. The Morgan fingerprint density at radius 2 is 1.67 bits per heavy atom. The first-order chi connectivity index (χ1) is 14.2. The smallest absolute Gasteiger partial charge is 0.262 e. The predicted molar refractivity (Wildman–Crippen MR) is 121 cm³/mol. The van der Waals surface area contributed by atoms with Crippen LogP contribution in [0, 0.1) is 0 Å². The van der Waals surface area contributed by atoms with Gasteiger partial charge in [-0.05, 0) is 61.9 Å². The molecular weight excluding hydrogens is 380 g/mol. The second-order valence-corrected chi connectivity index (χ2v) is 7.27. The quantitative estimate of drug-likeness (QED) is 0.463. The Labute approximate surface area is 178 Å². The summed E-state index contributed by atoms with van der Waals surface area (Å²) in [6, 6.07) is 12.8. The topological polar surface area (TPSA) is 59.1 Å². The van der Waals surface area contributed by atoms with Crippen LogP contribution in [0.3, 0.4) is 0 Å². The zero-order valence-electron chi connectivity index (χ0n) is 18.5. The summed E-state index contributed by atoms with van der Waals surface area (Å²) in [7, 11) is 7.28. The molecule has 160 valence electrons. The number of amides is 1. The lowest BCUT2D eigenvalue weighted by molar-refractivity contribution is -0.135. The first-order valence-electron chi connectivity index (χ1n) is 9.87. The van der Waals surface area contributed by atoms with Crippen LogP contribution in [-0.2, 0) is 4.79 Å². The molecule has 0 fully saturated rings. The largest absolute Gasteiger partial charge is 0.490 e. The van der Waals surface area contributed by atoms with Crippen LogP contribution in [0.25, 0.3) is 6.08 Å². The fourth-order valence-corrected chi connectivity index (χ4v) is 2.79. The number of ether oxygens (including phenoxy) is 2. The minimum atomic E-state index is -0.632. The number of anilines is 1. The minimum absolute atomic E-state index is 0.0798. The number of benzene rings is 2. The average Bonchev–Trinajstić information content (AvgIpc) is 2.73. The van der Waals surface area contributed by atoms with Crippen LogP contribution in [0.5, 0.6) is 11.5 Å². The average molecular weight is 411 g/mol. The molecule has 0 heterocycles. The van der Waals surface area contributed by atoms with E-state index in [-0.39, 0.29) is 11.7 Å². The van der Waals surface area contributed by atoms with Gasteiger partial charge < -0.3 is 19.3 Å². The molecule has 1 atom stereocenters. The summed E-state index contributed by atoms with van der Waals surface area (Å²) in [6.07, 6.45) is 2.64. The molecule has 2 rings (SSSR count). The van der Waals surface area contributed by atoms with Gasteiger partial charge in [-0.15, -0.1) is 0 Å². The van der Waals surface area contributed by atoms with E-state index in [1.54, 1.807) is 39.2 Å². The number of likely N-dealkylation sites (N-methyl/N-ethyl adjacent to an activating group) is 1. The maximum absolute atomic E-state index is 12.5. The van der Waals surface area contributed by atoms with Crippen molar-refractivity contribution < 1.29 is 19.1 Å². The molecule has 6 heteroatoms. The van der Waals surface area contributed by atoms with E-state index in [0.29, 0.717) is 23.7 Å². The van der Waals surface area contributed by atoms with Gasteiger partial charge in [0.2, 0.25) is 0 Å². The van der Waals surface area contributed by atoms with Crippen molar-refractivity contribution in [2.24, 2.45) is 0 Å². The second kappa shape index (κ2) is 10.5. The fraction of sp³-hybridized carbons (Fsp3) is 0.333. The van der Waals surface area contributed by atoms with Crippen LogP contribution in [0.1, 0.15) is 29.8 Å². The number of ketones is 1. The first kappa shape index (κ1) is 23.0. The maximum Gasteiger partial charge on any atom is 0.262 e. The maximum atomic E-state index is 12.5. The van der Waals surface area contributed by atoms with Crippen LogP contribution in [0.15, 0.2) is 48.5 Å². The lowest BCUT2D eigenvalue weighted by Gasteiger charge is -2.20. The minimum Gasteiger partial charge on any atom is -0.490 e. The number of hydrogen-bond acceptors (Lipinski definition) is 5. The monoisotopic (exact) mass is 410 g/mol. The van der Waals surface area contributed by atoms with E-state index in [4.69, 9.17) is 9.47 Å². The molecule has 0 saturated heterocycles. The van der Waals surface area contributed by atoms with Gasteiger partial charge in [-0.1, -0.05) is 12.1 Å². The van der Waals surface area contributed by atoms with Gasteiger partial charge in [-0.2, -0.15) is 0 Å². The normalized spacial score (nSPS) is 11.8. The molecule has 0 radical (unpaired) electrons. The van der Waals surface area contributed by atoms with Crippen molar-refractivity contribution in [3.8, 4) is 11.5 Å². The summed E-state index contributed by atoms with van der Waals surface area (Å²) in [5.74, 6) is 0.805. The molecule has 0 spiro atoms. The van der Waals surface area contributed by atoms with Crippen molar-refractivity contribution in [3.05, 3.63) is 59.7 Å². The van der Waals surface area contributed by atoms with E-state index in [1.807, 2.05) is 56.3 Å². The molecule has 0 bridgehead atoms. The number of nitrogens with zero attached hydrogens (tertiary/aromatic N) is 2. The van der Waals surface area contributed by atoms with Crippen LogP contribution < -0.4 is 14.4 Å². The molecule has 0 saturated carbocycles. The van der Waals surface area contributed by atoms with Crippen LogP contribution in [-0.4, -0.2) is 57.5 Å². The summed E-state index contributed by atoms with van der Waals surface area (Å²) < 4.78 is 11.5. The number of carbonyl (C=O) groups is 2. The number of rotatable bonds is 9. The SMILES string of the molecule is CCOc1cc(/C=C/C(=O)c2ccc(N(C)C)cc2)ccc1O[C@H](C)C(=O)N(C)C. The van der Waals surface area contributed by atoms with Gasteiger partial charge in [-0.25, -0.2) is 0 Å². The highest BCUT2D eigenvalue weighted by molar-refractivity contribution is 6.07. The third-order valence-corrected chi connectivity index (χ3v) is 4.46. The Balaban J connectivity index is 2.16. The fourth-order valence-electron chi connectivity index (χ4n) is 2.79. The van der Waals surface area contributed by atoms with Crippen molar-refractivity contribution in [2.45, 2.75) is 20.0 Å². The van der Waals surface area contributed by atoms with E-state index < -0.39 is 6.10 Å². The summed E-state index contributed by atoms with van der Waals surface area (Å²) >= 11 is 0. The van der Waals surface area contributed by atoms with Gasteiger partial charge in [0.05, 0.1) is 6.61 Å². The van der Waals surface area contributed by atoms with E-state index in [0.717, 1.165) is 11.3 Å². The molecule has 0 unspecified atom stereocenters. The van der Waals surface area contributed by atoms with Crippen molar-refractivity contribution >= 4 is 23.5 Å². The lowest BCUT2D eigenvalue weighted by atomic mass is 10.1. The highest BCUT2D eigenvalue weighted by Crippen LogP contribution is 2.30. The molecule has 0 N–H and O–H groups in total. The third-order valence-electron chi connectivity index (χ3n) is 4.46. The van der Waals surface area contributed by atoms with E-state index in [9.17, 15) is 9.59 Å². The Kier molecular flexibility index (Phi) is 8.04. The van der Waals surface area contributed by atoms with Crippen molar-refractivity contribution in [2.75, 3.05) is 39.7 Å². The van der Waals surface area contributed by atoms with Crippen LogP contribution >= 0.6 is 0 Å². The highest BCUT2D eigenvalue weighted by atomic mass is 16.5. The Morgan fingerprint density at radius 1 is 1.00 bits per heavy atom. The number of carbonyl (C=O) groups excluding carboxylic acids is 2. The van der Waals surface area contributed by atoms with Gasteiger partial charge >= 0.3 is 0 Å². The Morgan fingerprint density at radius 3 is 2.23 bits per heavy atom. The zero-order chi connectivity index (χ0) is 22.3. The van der Waals surface area contributed by atoms with E-state index >= 15 is 0 Å². The molecule has 0 aromatic heterocycles. The van der Waals surface area contributed by atoms with Crippen LogP contribution in [0.4, 0.5) is 5.69 Å². The number of allylic oxidation sites excluding steroid dienone is 1. The Hall–Kier alpha value is -3.28. The summed E-state index contributed by atoms with van der Waals surface area (Å²) in [4.78, 5) is 28.0. The molecule has 30 heavy (non-hydrogen) atoms. The van der Waals surface area contributed by atoms with E-state index in [2.05, 4.69) is 0 Å². The second-order valence-electron chi connectivity index (χ2n) is 7.27. The van der Waals surface area contributed by atoms with Crippen molar-refractivity contribution in [1.82, 2.24) is 4.90 Å². The van der Waals surface area contributed by atoms with Gasteiger partial charge in [0.15, 0.2) is 23.4 Å². The van der Waals surface area contributed by atoms with Crippen molar-refractivity contribution in [1.29, 1.82) is 0 Å². The molecule has 0 aliphatic heterocycles. The van der Waals surface area contributed by atoms with Crippen molar-refractivity contribution in [3.63, 3.8) is 0 Å². The Bertz CT molecular complexity index is 902. The van der Waals surface area contributed by atoms with Gasteiger partial charge in [-0.3, -0.25) is 9.59 Å². The summed E-state index contributed by atoms with van der Waals surface area (Å²) in [5.41, 5.74) is 2.46. The van der Waals surface area contributed by atoms with Gasteiger partial charge in [0, 0.05) is 39.4 Å². The molecule has 0 aliphatic rings. The predicted octanol–water partition coefficient (Wildman–Crippen LogP) is 3.90. The molecule has 2 aromatic carbocycles. The molecular formula is C24H30N2O4. The molecule has 1 amide bonds. The first-order valence-corrected chi connectivity index (χ1v) is 9.87. The lowest BCUT2D eigenvalue weighted by Crippen LogP contribution is -2.35. The zero-order valence-corrected chi connectivity index (χ0v) is 18.5. The van der Waals surface area contributed by atoms with E-state index in [1.165, 1.54) is 11.0 Å². The summed E-state index contributed by atoms with van der Waals surface area (Å²) in [5, 5.41) is 0. The standard InChI is InChI=1S/C24H30N2O4/c1-7-29-23-16-18(9-15-22(23)30-17(2)24(28)26(5)6)8-14-21(27)19-10-12-20(13-11-19)25(3)4/h8-17H,7H2,1-6H3/b14-8+/t17-/m1/s1.